The zero-order valence-corrected chi connectivity index (χ0v) is 18.6. The first-order chi connectivity index (χ1) is 14.8. The summed E-state index contributed by atoms with van der Waals surface area (Å²) in [6.07, 6.45) is 1.54. The van der Waals surface area contributed by atoms with E-state index in [9.17, 15) is 8.42 Å². The number of ether oxygens (including phenoxy) is 2. The molecule has 3 aromatic rings. The molecule has 0 bridgehead atoms. The molecule has 0 aliphatic carbocycles. The number of sulfonamides is 1. The Labute approximate surface area is 185 Å². The summed E-state index contributed by atoms with van der Waals surface area (Å²) in [6, 6.07) is 12.8. The third kappa shape index (κ3) is 3.70. The molecule has 1 atom stereocenters. The highest BCUT2D eigenvalue weighted by Gasteiger charge is 2.36. The van der Waals surface area contributed by atoms with Crippen LogP contribution >= 0.6 is 11.6 Å². The number of aromatic nitrogens is 1. The molecule has 0 spiro atoms. The van der Waals surface area contributed by atoms with Gasteiger partial charge in [0.15, 0.2) is 11.5 Å². The molecule has 2 aromatic carbocycles. The summed E-state index contributed by atoms with van der Waals surface area (Å²) >= 11 is 6.54. The minimum atomic E-state index is -3.62. The summed E-state index contributed by atoms with van der Waals surface area (Å²) < 4.78 is 37.5. The van der Waals surface area contributed by atoms with E-state index in [2.05, 4.69) is 10.1 Å². The van der Waals surface area contributed by atoms with E-state index in [-0.39, 0.29) is 5.15 Å². The number of benzene rings is 2. The topological polar surface area (TPSA) is 81.1 Å². The number of halogens is 1. The van der Waals surface area contributed by atoms with Crippen molar-refractivity contribution >= 4 is 38.2 Å². The Morgan fingerprint density at radius 3 is 2.42 bits per heavy atom. The highest BCUT2D eigenvalue weighted by Crippen LogP contribution is 2.40. The van der Waals surface area contributed by atoms with Gasteiger partial charge >= 0.3 is 0 Å². The molecule has 1 aromatic heterocycles. The molecule has 0 amide bonds. The SMILES string of the molecule is Cc1ccc(C2=NN(S(C)(=O)=O)C(c3cc4cc5c(cc4nc3Cl)OCCO5)C2)cc1. The normalized spacial score (nSPS) is 18.4. The Morgan fingerprint density at radius 1 is 1.06 bits per heavy atom. The molecule has 7 nitrogen and oxygen atoms in total. The summed E-state index contributed by atoms with van der Waals surface area (Å²) in [5, 5.41) is 5.47. The van der Waals surface area contributed by atoms with Crippen LogP contribution in [0, 0.1) is 6.92 Å². The molecular formula is C22H20ClN3O4S. The van der Waals surface area contributed by atoms with Crippen LogP contribution in [0.5, 0.6) is 11.5 Å². The molecule has 31 heavy (non-hydrogen) atoms. The largest absolute Gasteiger partial charge is 0.486 e. The maximum absolute atomic E-state index is 12.5. The minimum absolute atomic E-state index is 0.239. The summed E-state index contributed by atoms with van der Waals surface area (Å²) in [7, 11) is -3.62. The van der Waals surface area contributed by atoms with Gasteiger partial charge in [-0.3, -0.25) is 0 Å². The van der Waals surface area contributed by atoms with Crippen molar-refractivity contribution in [1.29, 1.82) is 0 Å². The van der Waals surface area contributed by atoms with Crippen molar-refractivity contribution < 1.29 is 17.9 Å². The van der Waals surface area contributed by atoms with Gasteiger partial charge in [0.25, 0.3) is 0 Å². The maximum Gasteiger partial charge on any atom is 0.247 e. The van der Waals surface area contributed by atoms with Crippen molar-refractivity contribution in [3.63, 3.8) is 0 Å². The van der Waals surface area contributed by atoms with Crippen molar-refractivity contribution in [2.24, 2.45) is 5.10 Å². The van der Waals surface area contributed by atoms with Gasteiger partial charge in [0, 0.05) is 23.4 Å². The summed E-state index contributed by atoms with van der Waals surface area (Å²) in [5.74, 6) is 1.26. The number of hydrazone groups is 1. The molecule has 0 N–H and O–H groups in total. The van der Waals surface area contributed by atoms with E-state index < -0.39 is 16.1 Å². The van der Waals surface area contributed by atoms with Gasteiger partial charge in [0.1, 0.15) is 18.4 Å². The average molecular weight is 458 g/mol. The number of fused-ring (bicyclic) bond motifs is 2. The van der Waals surface area contributed by atoms with Gasteiger partial charge in [-0.2, -0.15) is 9.52 Å². The van der Waals surface area contributed by atoms with E-state index in [1.54, 1.807) is 6.07 Å². The van der Waals surface area contributed by atoms with Crippen molar-refractivity contribution in [2.75, 3.05) is 19.5 Å². The lowest BCUT2D eigenvalue weighted by Crippen LogP contribution is -2.26. The molecule has 1 unspecified atom stereocenters. The van der Waals surface area contributed by atoms with E-state index in [0.717, 1.165) is 27.2 Å². The highest BCUT2D eigenvalue weighted by atomic mass is 35.5. The highest BCUT2D eigenvalue weighted by molar-refractivity contribution is 7.88. The number of hydrogen-bond acceptors (Lipinski definition) is 6. The van der Waals surface area contributed by atoms with Crippen LogP contribution in [0.1, 0.15) is 29.2 Å². The average Bonchev–Trinajstić information content (AvgIpc) is 3.18. The monoisotopic (exact) mass is 457 g/mol. The lowest BCUT2D eigenvalue weighted by Gasteiger charge is -2.23. The first-order valence-corrected chi connectivity index (χ1v) is 12.1. The number of rotatable bonds is 3. The van der Waals surface area contributed by atoms with Gasteiger partial charge in [-0.15, -0.1) is 0 Å². The molecular weight excluding hydrogens is 438 g/mol. The van der Waals surface area contributed by atoms with Crippen LogP contribution < -0.4 is 9.47 Å². The smallest absolute Gasteiger partial charge is 0.247 e. The quantitative estimate of drug-likeness (QED) is 0.553. The Bertz CT molecular complexity index is 1320. The second kappa shape index (κ2) is 7.39. The fraction of sp³-hybridized carbons (Fsp3) is 0.273. The van der Waals surface area contributed by atoms with E-state index in [1.807, 2.05) is 43.3 Å². The standard InChI is InChI=1S/C22H20ClN3O4S/c1-13-3-5-14(6-4-13)18-11-19(26(25-18)31(2,27)28)16-9-15-10-20-21(30-8-7-29-20)12-17(15)24-22(16)23/h3-6,9-10,12,19H,7-8,11H2,1-2H3. The van der Waals surface area contributed by atoms with E-state index in [1.165, 1.54) is 0 Å². The lowest BCUT2D eigenvalue weighted by molar-refractivity contribution is 0.172. The fourth-order valence-electron chi connectivity index (χ4n) is 3.88. The Kier molecular flexibility index (Phi) is 4.79. The van der Waals surface area contributed by atoms with Gasteiger partial charge < -0.3 is 9.47 Å². The van der Waals surface area contributed by atoms with Crippen LogP contribution in [-0.2, 0) is 10.0 Å². The van der Waals surface area contributed by atoms with Crippen molar-refractivity contribution in [2.45, 2.75) is 19.4 Å². The van der Waals surface area contributed by atoms with Crippen molar-refractivity contribution in [1.82, 2.24) is 9.40 Å². The van der Waals surface area contributed by atoms with E-state index >= 15 is 0 Å². The lowest BCUT2D eigenvalue weighted by atomic mass is 9.98. The maximum atomic E-state index is 12.5. The summed E-state index contributed by atoms with van der Waals surface area (Å²) in [6.45, 7) is 2.96. The third-order valence-electron chi connectivity index (χ3n) is 5.42. The van der Waals surface area contributed by atoms with Crippen LogP contribution in [0.3, 0.4) is 0 Å². The van der Waals surface area contributed by atoms with Crippen molar-refractivity contribution in [3.05, 3.63) is 64.3 Å². The van der Waals surface area contributed by atoms with Crippen LogP contribution in [-0.4, -0.2) is 43.0 Å². The fourth-order valence-corrected chi connectivity index (χ4v) is 5.05. The predicted octanol–water partition coefficient (Wildman–Crippen LogP) is 4.08. The van der Waals surface area contributed by atoms with Gasteiger partial charge in [-0.25, -0.2) is 13.4 Å². The molecule has 2 aliphatic rings. The van der Waals surface area contributed by atoms with Crippen LogP contribution in [0.25, 0.3) is 10.9 Å². The molecule has 0 saturated carbocycles. The third-order valence-corrected chi connectivity index (χ3v) is 6.73. The molecule has 160 valence electrons. The van der Waals surface area contributed by atoms with E-state index in [0.29, 0.717) is 47.9 Å². The molecule has 0 saturated heterocycles. The van der Waals surface area contributed by atoms with Crippen LogP contribution in [0.15, 0.2) is 47.6 Å². The van der Waals surface area contributed by atoms with Gasteiger partial charge in [0.05, 0.1) is 23.5 Å². The molecule has 0 fully saturated rings. The molecule has 5 rings (SSSR count). The summed E-state index contributed by atoms with van der Waals surface area (Å²) in [5.41, 5.74) is 3.94. The van der Waals surface area contributed by atoms with Gasteiger partial charge in [-0.05, 0) is 24.6 Å². The Morgan fingerprint density at radius 2 is 1.74 bits per heavy atom. The zero-order valence-electron chi connectivity index (χ0n) is 17.0. The number of aryl methyl sites for hydroxylation is 1. The number of nitrogens with zero attached hydrogens (tertiary/aromatic N) is 3. The van der Waals surface area contributed by atoms with Crippen LogP contribution in [0.2, 0.25) is 5.15 Å². The zero-order chi connectivity index (χ0) is 21.8. The molecule has 9 heteroatoms. The van der Waals surface area contributed by atoms with Crippen LogP contribution in [0.4, 0.5) is 0 Å². The molecule has 2 aliphatic heterocycles. The second-order valence-corrected chi connectivity index (χ2v) is 9.92. The van der Waals surface area contributed by atoms with Gasteiger partial charge in [0.2, 0.25) is 10.0 Å². The first-order valence-electron chi connectivity index (χ1n) is 9.83. The van der Waals surface area contributed by atoms with Gasteiger partial charge in [-0.1, -0.05) is 41.4 Å². The van der Waals surface area contributed by atoms with Crippen molar-refractivity contribution in [3.8, 4) is 11.5 Å². The Balaban J connectivity index is 1.59. The number of hydrogen-bond donors (Lipinski definition) is 0. The first kappa shape index (κ1) is 20.1. The van der Waals surface area contributed by atoms with E-state index in [4.69, 9.17) is 21.1 Å². The summed E-state index contributed by atoms with van der Waals surface area (Å²) in [4.78, 5) is 4.51. The Hall–Kier alpha value is -2.84. The second-order valence-electron chi connectivity index (χ2n) is 7.73. The predicted molar refractivity (Wildman–Crippen MR) is 119 cm³/mol. The molecule has 0 radical (unpaired) electrons. The molecule has 3 heterocycles. The minimum Gasteiger partial charge on any atom is -0.486 e. The number of pyridine rings is 1.